The lowest BCUT2D eigenvalue weighted by Crippen LogP contribution is -2.36. The van der Waals surface area contributed by atoms with Gasteiger partial charge in [0.1, 0.15) is 16.9 Å². The van der Waals surface area contributed by atoms with Crippen molar-refractivity contribution in [3.05, 3.63) is 36.1 Å². The predicted octanol–water partition coefficient (Wildman–Crippen LogP) is 2.52. The second-order valence-corrected chi connectivity index (χ2v) is 5.02. The number of nitrogens with two attached hydrogens (primary N) is 1. The van der Waals surface area contributed by atoms with Crippen LogP contribution in [0.4, 0.5) is 0 Å². The molecule has 0 unspecified atom stereocenters. The van der Waals surface area contributed by atoms with E-state index in [4.69, 9.17) is 10.2 Å². The number of aliphatic hydroxyl groups is 1. The minimum Gasteiger partial charge on any atom is -0.458 e. The average molecular weight is 231 g/mol. The molecule has 0 saturated heterocycles. The van der Waals surface area contributed by atoms with Crippen molar-refractivity contribution in [2.24, 2.45) is 5.73 Å². The molecule has 0 bridgehead atoms. The molecule has 1 saturated carbocycles. The molecule has 0 spiro atoms. The van der Waals surface area contributed by atoms with Gasteiger partial charge in [-0.05, 0) is 37.8 Å². The Morgan fingerprint density at radius 3 is 2.65 bits per heavy atom. The van der Waals surface area contributed by atoms with Crippen LogP contribution in [0.1, 0.15) is 31.4 Å². The van der Waals surface area contributed by atoms with Crippen LogP contribution in [0.3, 0.4) is 0 Å². The summed E-state index contributed by atoms with van der Waals surface area (Å²) < 4.78 is 5.75. The standard InChI is InChI=1S/C14H17NO2/c15-11-5-7-14(16,8-6-11)13-9-10-3-1-2-4-12(10)17-13/h1-4,9,11,16H,5-8,15H2. The first-order valence-corrected chi connectivity index (χ1v) is 6.14. The number of para-hydroxylation sites is 1. The molecule has 3 heteroatoms. The van der Waals surface area contributed by atoms with Crippen LogP contribution in [-0.2, 0) is 5.60 Å². The van der Waals surface area contributed by atoms with Gasteiger partial charge in [-0.25, -0.2) is 0 Å². The normalized spacial score (nSPS) is 29.6. The summed E-state index contributed by atoms with van der Waals surface area (Å²) in [4.78, 5) is 0. The van der Waals surface area contributed by atoms with Crippen molar-refractivity contribution in [2.75, 3.05) is 0 Å². The molecule has 0 amide bonds. The molecule has 1 aliphatic carbocycles. The lowest BCUT2D eigenvalue weighted by atomic mass is 9.81. The number of fused-ring (bicyclic) bond motifs is 1. The molecule has 17 heavy (non-hydrogen) atoms. The van der Waals surface area contributed by atoms with Gasteiger partial charge in [-0.15, -0.1) is 0 Å². The maximum absolute atomic E-state index is 10.6. The maximum Gasteiger partial charge on any atom is 0.136 e. The smallest absolute Gasteiger partial charge is 0.136 e. The van der Waals surface area contributed by atoms with Gasteiger partial charge < -0.3 is 15.3 Å². The van der Waals surface area contributed by atoms with Gasteiger partial charge >= 0.3 is 0 Å². The Hall–Kier alpha value is -1.32. The molecule has 2 aromatic rings. The molecule has 1 aromatic carbocycles. The second kappa shape index (κ2) is 3.86. The van der Waals surface area contributed by atoms with Crippen molar-refractivity contribution >= 4 is 11.0 Å². The van der Waals surface area contributed by atoms with E-state index in [2.05, 4.69) is 0 Å². The highest BCUT2D eigenvalue weighted by Crippen LogP contribution is 2.38. The quantitative estimate of drug-likeness (QED) is 0.792. The molecular formula is C14H17NO2. The molecule has 1 heterocycles. The van der Waals surface area contributed by atoms with Crippen LogP contribution in [0.5, 0.6) is 0 Å². The zero-order valence-corrected chi connectivity index (χ0v) is 9.73. The van der Waals surface area contributed by atoms with Crippen molar-refractivity contribution in [1.29, 1.82) is 0 Å². The second-order valence-electron chi connectivity index (χ2n) is 5.02. The Kier molecular flexibility index (Phi) is 2.45. The largest absolute Gasteiger partial charge is 0.458 e. The summed E-state index contributed by atoms with van der Waals surface area (Å²) in [7, 11) is 0. The highest BCUT2D eigenvalue weighted by molar-refractivity contribution is 5.77. The number of hydrogen-bond donors (Lipinski definition) is 2. The van der Waals surface area contributed by atoms with Crippen LogP contribution >= 0.6 is 0 Å². The van der Waals surface area contributed by atoms with Crippen molar-refractivity contribution in [3.8, 4) is 0 Å². The van der Waals surface area contributed by atoms with Crippen LogP contribution in [0.25, 0.3) is 11.0 Å². The number of benzene rings is 1. The number of furan rings is 1. The van der Waals surface area contributed by atoms with E-state index in [0.717, 1.165) is 23.8 Å². The monoisotopic (exact) mass is 231 g/mol. The van der Waals surface area contributed by atoms with Crippen molar-refractivity contribution in [3.63, 3.8) is 0 Å². The van der Waals surface area contributed by atoms with E-state index in [1.807, 2.05) is 30.3 Å². The fraction of sp³-hybridized carbons (Fsp3) is 0.429. The SMILES string of the molecule is NC1CCC(O)(c2cc3ccccc3o2)CC1. The van der Waals surface area contributed by atoms with E-state index in [9.17, 15) is 5.11 Å². The Labute approximate surface area is 100 Å². The van der Waals surface area contributed by atoms with Crippen LogP contribution < -0.4 is 5.73 Å². The number of rotatable bonds is 1. The highest BCUT2D eigenvalue weighted by Gasteiger charge is 2.36. The summed E-state index contributed by atoms with van der Waals surface area (Å²) in [5.74, 6) is 0.686. The van der Waals surface area contributed by atoms with Gasteiger partial charge in [0.05, 0.1) is 0 Å². The van der Waals surface area contributed by atoms with Gasteiger partial charge in [-0.3, -0.25) is 0 Å². The maximum atomic E-state index is 10.6. The van der Waals surface area contributed by atoms with Crippen molar-refractivity contribution in [1.82, 2.24) is 0 Å². The van der Waals surface area contributed by atoms with Crippen LogP contribution in [-0.4, -0.2) is 11.1 Å². The third-order valence-corrected chi connectivity index (χ3v) is 3.74. The number of hydrogen-bond acceptors (Lipinski definition) is 3. The fourth-order valence-electron chi connectivity index (χ4n) is 2.58. The van der Waals surface area contributed by atoms with Crippen molar-refractivity contribution in [2.45, 2.75) is 37.3 Å². The molecule has 3 nitrogen and oxygen atoms in total. The minimum absolute atomic E-state index is 0.222. The third-order valence-electron chi connectivity index (χ3n) is 3.74. The van der Waals surface area contributed by atoms with E-state index in [1.165, 1.54) is 0 Å². The molecule has 90 valence electrons. The third kappa shape index (κ3) is 1.85. The van der Waals surface area contributed by atoms with Gasteiger partial charge in [0.25, 0.3) is 0 Å². The van der Waals surface area contributed by atoms with Gasteiger partial charge in [0.15, 0.2) is 0 Å². The van der Waals surface area contributed by atoms with Crippen molar-refractivity contribution < 1.29 is 9.52 Å². The lowest BCUT2D eigenvalue weighted by molar-refractivity contribution is -0.0225. The zero-order chi connectivity index (χ0) is 11.9. The Morgan fingerprint density at radius 2 is 1.94 bits per heavy atom. The lowest BCUT2D eigenvalue weighted by Gasteiger charge is -2.32. The Morgan fingerprint density at radius 1 is 1.24 bits per heavy atom. The van der Waals surface area contributed by atoms with Gasteiger partial charge in [0, 0.05) is 11.4 Å². The summed E-state index contributed by atoms with van der Waals surface area (Å²) in [5.41, 5.74) is 5.88. The van der Waals surface area contributed by atoms with Crippen LogP contribution in [0.2, 0.25) is 0 Å². The van der Waals surface area contributed by atoms with E-state index in [-0.39, 0.29) is 6.04 Å². The van der Waals surface area contributed by atoms with Crippen LogP contribution in [0.15, 0.2) is 34.7 Å². The Balaban J connectivity index is 1.97. The summed E-state index contributed by atoms with van der Waals surface area (Å²) in [6.45, 7) is 0. The first-order chi connectivity index (χ1) is 8.17. The topological polar surface area (TPSA) is 59.4 Å². The summed E-state index contributed by atoms with van der Waals surface area (Å²) in [6, 6.07) is 10.0. The zero-order valence-electron chi connectivity index (χ0n) is 9.73. The van der Waals surface area contributed by atoms with E-state index < -0.39 is 5.60 Å². The summed E-state index contributed by atoms with van der Waals surface area (Å²) in [6.07, 6.45) is 3.09. The van der Waals surface area contributed by atoms with E-state index >= 15 is 0 Å². The summed E-state index contributed by atoms with van der Waals surface area (Å²) in [5, 5.41) is 11.7. The molecule has 1 aliphatic rings. The molecule has 1 fully saturated rings. The fourth-order valence-corrected chi connectivity index (χ4v) is 2.58. The first-order valence-electron chi connectivity index (χ1n) is 6.14. The molecule has 3 N–H and O–H groups in total. The molecule has 0 radical (unpaired) electrons. The van der Waals surface area contributed by atoms with Gasteiger partial charge in [-0.1, -0.05) is 18.2 Å². The average Bonchev–Trinajstić information content (AvgIpc) is 2.77. The summed E-state index contributed by atoms with van der Waals surface area (Å²) >= 11 is 0. The Bertz CT molecular complexity index is 491. The first kappa shape index (κ1) is 10.8. The van der Waals surface area contributed by atoms with Gasteiger partial charge in [0.2, 0.25) is 0 Å². The highest BCUT2D eigenvalue weighted by atomic mass is 16.4. The minimum atomic E-state index is -0.825. The molecule has 0 atom stereocenters. The van der Waals surface area contributed by atoms with E-state index in [0.29, 0.717) is 18.6 Å². The van der Waals surface area contributed by atoms with Gasteiger partial charge in [-0.2, -0.15) is 0 Å². The van der Waals surface area contributed by atoms with Crippen LogP contribution in [0, 0.1) is 0 Å². The molecular weight excluding hydrogens is 214 g/mol. The van der Waals surface area contributed by atoms with E-state index in [1.54, 1.807) is 0 Å². The molecule has 1 aromatic heterocycles. The predicted molar refractivity (Wildman–Crippen MR) is 66.6 cm³/mol. The molecule has 0 aliphatic heterocycles. The molecule has 3 rings (SSSR count).